The molecule has 86 valence electrons. The summed E-state index contributed by atoms with van der Waals surface area (Å²) in [4.78, 5) is 0. The Bertz CT molecular complexity index is 327. The summed E-state index contributed by atoms with van der Waals surface area (Å²) in [6, 6.07) is 9.57. The molecule has 0 heterocycles. The lowest BCUT2D eigenvalue weighted by Crippen LogP contribution is -2.01. The Balaban J connectivity index is 2.15. The second kappa shape index (κ2) is 7.72. The molecule has 0 saturated heterocycles. The van der Waals surface area contributed by atoms with Gasteiger partial charge in [0.1, 0.15) is 0 Å². The number of unbranched alkanes of at least 4 members (excludes halogenated alkanes) is 3. The molecule has 1 aromatic rings. The van der Waals surface area contributed by atoms with Gasteiger partial charge in [0.25, 0.3) is 0 Å². The zero-order valence-electron chi connectivity index (χ0n) is 9.45. The molecule has 1 aromatic carbocycles. The van der Waals surface area contributed by atoms with Gasteiger partial charge in [0.2, 0.25) is 0 Å². The minimum absolute atomic E-state index is 0.295. The van der Waals surface area contributed by atoms with Crippen LogP contribution in [0.5, 0.6) is 0 Å². The van der Waals surface area contributed by atoms with Gasteiger partial charge < -0.3 is 10.4 Å². The topological polar surface area (TPSA) is 56.0 Å². The summed E-state index contributed by atoms with van der Waals surface area (Å²) in [5, 5.41) is 20.5. The summed E-state index contributed by atoms with van der Waals surface area (Å²) in [7, 11) is 0. The fraction of sp³-hybridized carbons (Fsp3) is 0.462. The predicted molar refractivity (Wildman–Crippen MR) is 65.2 cm³/mol. The van der Waals surface area contributed by atoms with Gasteiger partial charge >= 0.3 is 0 Å². The van der Waals surface area contributed by atoms with Crippen LogP contribution in [-0.4, -0.2) is 18.3 Å². The second-order valence-electron chi connectivity index (χ2n) is 3.75. The molecule has 0 amide bonds. The first kappa shape index (κ1) is 12.5. The van der Waals surface area contributed by atoms with E-state index in [9.17, 15) is 0 Å². The van der Waals surface area contributed by atoms with Crippen molar-refractivity contribution in [3.05, 3.63) is 29.8 Å². The fourth-order valence-corrected chi connectivity index (χ4v) is 1.49. The standard InChI is InChI=1S/C13H18N2O/c14-11-12-5-7-13(8-6-12)15-9-3-1-2-4-10-16/h5-8,15-16H,1-4,9-10H2. The highest BCUT2D eigenvalue weighted by Gasteiger charge is 1.93. The van der Waals surface area contributed by atoms with Crippen LogP contribution in [0.1, 0.15) is 31.2 Å². The largest absolute Gasteiger partial charge is 0.396 e. The number of rotatable bonds is 7. The maximum Gasteiger partial charge on any atom is 0.0991 e. The van der Waals surface area contributed by atoms with Crippen molar-refractivity contribution in [2.75, 3.05) is 18.5 Å². The van der Waals surface area contributed by atoms with Crippen molar-refractivity contribution in [1.29, 1.82) is 5.26 Å². The van der Waals surface area contributed by atoms with Crippen LogP contribution >= 0.6 is 0 Å². The van der Waals surface area contributed by atoms with Crippen LogP contribution in [0.25, 0.3) is 0 Å². The van der Waals surface area contributed by atoms with Crippen molar-refractivity contribution in [2.45, 2.75) is 25.7 Å². The van der Waals surface area contributed by atoms with Crippen molar-refractivity contribution in [3.63, 3.8) is 0 Å². The van der Waals surface area contributed by atoms with E-state index in [1.54, 1.807) is 0 Å². The minimum atomic E-state index is 0.295. The molecule has 0 bridgehead atoms. The minimum Gasteiger partial charge on any atom is -0.396 e. The van der Waals surface area contributed by atoms with E-state index >= 15 is 0 Å². The Morgan fingerprint density at radius 1 is 1.06 bits per heavy atom. The average molecular weight is 218 g/mol. The first-order valence-corrected chi connectivity index (χ1v) is 5.71. The lowest BCUT2D eigenvalue weighted by molar-refractivity contribution is 0.283. The Hall–Kier alpha value is -1.53. The van der Waals surface area contributed by atoms with E-state index in [0.717, 1.165) is 37.9 Å². The lowest BCUT2D eigenvalue weighted by Gasteiger charge is -2.05. The Morgan fingerprint density at radius 3 is 2.38 bits per heavy atom. The zero-order valence-corrected chi connectivity index (χ0v) is 9.45. The molecule has 0 spiro atoms. The number of nitriles is 1. The van der Waals surface area contributed by atoms with Gasteiger partial charge in [-0.25, -0.2) is 0 Å². The Labute approximate surface area is 96.7 Å². The van der Waals surface area contributed by atoms with Crippen LogP contribution in [-0.2, 0) is 0 Å². The molecule has 0 saturated carbocycles. The Morgan fingerprint density at radius 2 is 1.75 bits per heavy atom. The van der Waals surface area contributed by atoms with Gasteiger partial charge in [0.05, 0.1) is 11.6 Å². The number of nitrogens with zero attached hydrogens (tertiary/aromatic N) is 1. The first-order valence-electron chi connectivity index (χ1n) is 5.71. The van der Waals surface area contributed by atoms with Crippen molar-refractivity contribution in [2.24, 2.45) is 0 Å². The van der Waals surface area contributed by atoms with E-state index in [2.05, 4.69) is 11.4 Å². The fourth-order valence-electron chi connectivity index (χ4n) is 1.49. The first-order chi connectivity index (χ1) is 7.86. The maximum atomic E-state index is 8.63. The molecule has 0 atom stereocenters. The SMILES string of the molecule is N#Cc1ccc(NCCCCCCO)cc1. The van der Waals surface area contributed by atoms with Crippen LogP contribution in [0.2, 0.25) is 0 Å². The summed E-state index contributed by atoms with van der Waals surface area (Å²) in [6.45, 7) is 1.24. The Kier molecular flexibility index (Phi) is 6.05. The van der Waals surface area contributed by atoms with E-state index in [-0.39, 0.29) is 0 Å². The average Bonchev–Trinajstić information content (AvgIpc) is 2.34. The van der Waals surface area contributed by atoms with Crippen molar-refractivity contribution < 1.29 is 5.11 Å². The molecule has 0 aliphatic rings. The van der Waals surface area contributed by atoms with Crippen LogP contribution in [0.4, 0.5) is 5.69 Å². The molecular weight excluding hydrogens is 200 g/mol. The molecule has 16 heavy (non-hydrogen) atoms. The van der Waals surface area contributed by atoms with Crippen LogP contribution < -0.4 is 5.32 Å². The van der Waals surface area contributed by atoms with Gasteiger partial charge in [-0.3, -0.25) is 0 Å². The number of aliphatic hydroxyl groups excluding tert-OH is 1. The third-order valence-corrected chi connectivity index (χ3v) is 2.43. The number of nitrogens with one attached hydrogen (secondary N) is 1. The van der Waals surface area contributed by atoms with E-state index in [1.807, 2.05) is 24.3 Å². The van der Waals surface area contributed by atoms with Gasteiger partial charge in [-0.2, -0.15) is 5.26 Å². The molecule has 0 aliphatic carbocycles. The predicted octanol–water partition coefficient (Wildman–Crippen LogP) is 2.52. The summed E-state index contributed by atoms with van der Waals surface area (Å²) < 4.78 is 0. The van der Waals surface area contributed by atoms with Gasteiger partial charge in [-0.05, 0) is 37.1 Å². The number of anilines is 1. The molecule has 3 nitrogen and oxygen atoms in total. The number of aliphatic hydroxyl groups is 1. The monoisotopic (exact) mass is 218 g/mol. The smallest absolute Gasteiger partial charge is 0.0991 e. The highest BCUT2D eigenvalue weighted by Crippen LogP contribution is 2.09. The molecule has 2 N–H and O–H groups in total. The highest BCUT2D eigenvalue weighted by atomic mass is 16.2. The molecule has 0 fully saturated rings. The van der Waals surface area contributed by atoms with E-state index in [4.69, 9.17) is 10.4 Å². The molecule has 0 radical (unpaired) electrons. The van der Waals surface area contributed by atoms with Gasteiger partial charge in [-0.15, -0.1) is 0 Å². The summed E-state index contributed by atoms with van der Waals surface area (Å²) in [5.41, 5.74) is 1.75. The van der Waals surface area contributed by atoms with Gasteiger partial charge in [0.15, 0.2) is 0 Å². The molecular formula is C13H18N2O. The van der Waals surface area contributed by atoms with E-state index < -0.39 is 0 Å². The molecule has 0 aromatic heterocycles. The number of hydrogen-bond donors (Lipinski definition) is 2. The molecule has 1 rings (SSSR count). The second-order valence-corrected chi connectivity index (χ2v) is 3.75. The molecule has 0 unspecified atom stereocenters. The van der Waals surface area contributed by atoms with Crippen molar-refractivity contribution in [3.8, 4) is 6.07 Å². The van der Waals surface area contributed by atoms with Gasteiger partial charge in [0, 0.05) is 18.8 Å². The maximum absolute atomic E-state index is 8.63. The van der Waals surface area contributed by atoms with Gasteiger partial charge in [-0.1, -0.05) is 12.8 Å². The van der Waals surface area contributed by atoms with Crippen LogP contribution in [0.3, 0.4) is 0 Å². The summed E-state index contributed by atoms with van der Waals surface area (Å²) in [6.07, 6.45) is 4.24. The quantitative estimate of drug-likeness (QED) is 0.691. The van der Waals surface area contributed by atoms with Crippen LogP contribution in [0.15, 0.2) is 24.3 Å². The van der Waals surface area contributed by atoms with E-state index in [1.165, 1.54) is 0 Å². The summed E-state index contributed by atoms with van der Waals surface area (Å²) >= 11 is 0. The zero-order chi connectivity index (χ0) is 11.6. The third kappa shape index (κ3) is 4.81. The lowest BCUT2D eigenvalue weighted by atomic mass is 10.2. The van der Waals surface area contributed by atoms with Crippen LogP contribution in [0, 0.1) is 11.3 Å². The highest BCUT2D eigenvalue weighted by molar-refractivity contribution is 5.46. The number of hydrogen-bond acceptors (Lipinski definition) is 3. The normalized spacial score (nSPS) is 9.75. The molecule has 3 heteroatoms. The third-order valence-electron chi connectivity index (χ3n) is 2.43. The van der Waals surface area contributed by atoms with E-state index in [0.29, 0.717) is 12.2 Å². The molecule has 0 aliphatic heterocycles. The van der Waals surface area contributed by atoms with Crippen molar-refractivity contribution >= 4 is 5.69 Å². The number of benzene rings is 1. The summed E-state index contributed by atoms with van der Waals surface area (Å²) in [5.74, 6) is 0. The van der Waals surface area contributed by atoms with Crippen molar-refractivity contribution in [1.82, 2.24) is 0 Å².